The minimum absolute atomic E-state index is 0. The van der Waals surface area contributed by atoms with Crippen molar-refractivity contribution in [2.24, 2.45) is 0 Å². The fourth-order valence-electron chi connectivity index (χ4n) is 13.6. The summed E-state index contributed by atoms with van der Waals surface area (Å²) in [6.45, 7) is 2.32. The Balaban J connectivity index is 0.00000574. The van der Waals surface area contributed by atoms with Gasteiger partial charge in [-0.25, -0.2) is 0 Å². The average Bonchev–Trinajstić information content (AvgIpc) is 4.16. The second kappa shape index (κ2) is 22.8. The molecule has 0 atom stereocenters. The van der Waals surface area contributed by atoms with Crippen LogP contribution in [0.15, 0.2) is 146 Å². The predicted molar refractivity (Wildman–Crippen MR) is 297 cm³/mol. The molecule has 0 amide bonds. The van der Waals surface area contributed by atoms with Crippen LogP contribution in [-0.2, 0) is 21.1 Å². The monoisotopic (exact) mass is 1140 g/mol. The molecule has 0 N–H and O–H groups in total. The maximum absolute atomic E-state index is 5.23. The number of benzene rings is 6. The summed E-state index contributed by atoms with van der Waals surface area (Å²) in [6, 6.07) is 53.1. The maximum Gasteiger partial charge on any atom is 2.00 e. The molecule has 4 aliphatic rings. The number of hydrogen-bond acceptors (Lipinski definition) is 3. The average molecular weight is 1140 g/mol. The molecule has 0 bridgehead atoms. The first-order chi connectivity index (χ1) is 35.6. The van der Waals surface area contributed by atoms with Crippen LogP contribution in [0.3, 0.4) is 0 Å². The fraction of sp³-hybridized carbons (Fsp3) is 0.373. The van der Waals surface area contributed by atoms with E-state index in [2.05, 4.69) is 167 Å². The van der Waals surface area contributed by atoms with E-state index < -0.39 is 0 Å². The van der Waals surface area contributed by atoms with Crippen molar-refractivity contribution in [1.29, 1.82) is 0 Å². The Morgan fingerprint density at radius 3 is 1.22 bits per heavy atom. The fourth-order valence-corrected chi connectivity index (χ4v) is 13.6. The van der Waals surface area contributed by atoms with E-state index in [1.165, 1.54) is 179 Å². The van der Waals surface area contributed by atoms with Gasteiger partial charge < -0.3 is 14.0 Å². The molecule has 8 aromatic rings. The van der Waals surface area contributed by atoms with Gasteiger partial charge in [-0.3, -0.25) is 9.97 Å². The van der Waals surface area contributed by atoms with Crippen molar-refractivity contribution < 1.29 is 21.1 Å². The Morgan fingerprint density at radius 1 is 0.425 bits per heavy atom. The molecule has 6 heteroatoms. The van der Waals surface area contributed by atoms with E-state index in [9.17, 15) is 0 Å². The van der Waals surface area contributed by atoms with Crippen LogP contribution >= 0.6 is 0 Å². The van der Waals surface area contributed by atoms with Gasteiger partial charge in [0.15, 0.2) is 0 Å². The van der Waals surface area contributed by atoms with Crippen molar-refractivity contribution in [1.82, 2.24) is 19.1 Å². The zero-order valence-corrected chi connectivity index (χ0v) is 45.1. The van der Waals surface area contributed by atoms with Gasteiger partial charge in [0.1, 0.15) is 0 Å². The molecule has 4 aliphatic carbocycles. The Kier molecular flexibility index (Phi) is 15.4. The zero-order chi connectivity index (χ0) is 48.2. The van der Waals surface area contributed by atoms with Crippen LogP contribution < -0.4 is 4.90 Å². The smallest absolute Gasteiger partial charge is 0.346 e. The molecule has 5 nitrogen and oxygen atoms in total. The third-order valence-electron chi connectivity index (χ3n) is 17.1. The molecule has 0 saturated heterocycles. The van der Waals surface area contributed by atoms with Crippen molar-refractivity contribution in [3.63, 3.8) is 0 Å². The molecule has 0 unspecified atom stereocenters. The van der Waals surface area contributed by atoms with Gasteiger partial charge in [0.25, 0.3) is 0 Å². The molecular weight excluding hydrogens is 1070 g/mol. The van der Waals surface area contributed by atoms with Crippen LogP contribution in [0, 0.1) is 19.1 Å². The quantitative estimate of drug-likeness (QED) is 0.114. The minimum Gasteiger partial charge on any atom is -0.346 e. The SMILES string of the molecule is Cc1cc(C2CCCCC2)c(-n2ccnc2-c2[c-]c(N(c3[c-]c(-c4nccn4-c4c(C5CCCCC5)cc(-c5ccccc5)cc4C4CCCCC4)ccc3)c3ccccc3)ccc2)c(C2CCCCC2)c1.[Pt+2]. The Morgan fingerprint density at radius 2 is 0.808 bits per heavy atom. The van der Waals surface area contributed by atoms with Crippen LogP contribution in [0.5, 0.6) is 0 Å². The van der Waals surface area contributed by atoms with Crippen LogP contribution in [0.25, 0.3) is 45.3 Å². The summed E-state index contributed by atoms with van der Waals surface area (Å²) in [6.07, 6.45) is 34.2. The van der Waals surface area contributed by atoms with Crippen molar-refractivity contribution in [2.45, 2.75) is 159 Å². The largest absolute Gasteiger partial charge is 2.00 e. The second-order valence-corrected chi connectivity index (χ2v) is 21.8. The molecule has 6 aromatic carbocycles. The van der Waals surface area contributed by atoms with Crippen molar-refractivity contribution >= 4 is 17.1 Å². The summed E-state index contributed by atoms with van der Waals surface area (Å²) in [4.78, 5) is 12.7. The molecule has 73 heavy (non-hydrogen) atoms. The second-order valence-electron chi connectivity index (χ2n) is 21.8. The first-order valence-electron chi connectivity index (χ1n) is 28.0. The molecule has 2 heterocycles. The van der Waals surface area contributed by atoms with Crippen molar-refractivity contribution in [2.75, 3.05) is 4.90 Å². The van der Waals surface area contributed by atoms with E-state index in [1.54, 1.807) is 0 Å². The van der Waals surface area contributed by atoms with Gasteiger partial charge in [-0.1, -0.05) is 143 Å². The van der Waals surface area contributed by atoms with Gasteiger partial charge in [-0.05, 0) is 151 Å². The number of hydrogen-bond donors (Lipinski definition) is 0. The van der Waals surface area contributed by atoms with E-state index >= 15 is 0 Å². The normalized spacial score (nSPS) is 17.3. The topological polar surface area (TPSA) is 38.9 Å². The van der Waals surface area contributed by atoms with Crippen LogP contribution in [0.2, 0.25) is 0 Å². The van der Waals surface area contributed by atoms with E-state index in [0.29, 0.717) is 23.7 Å². The van der Waals surface area contributed by atoms with E-state index in [-0.39, 0.29) is 21.1 Å². The van der Waals surface area contributed by atoms with Crippen LogP contribution in [-0.4, -0.2) is 19.1 Å². The Bertz CT molecular complexity index is 3010. The van der Waals surface area contributed by atoms with Crippen LogP contribution in [0.4, 0.5) is 17.1 Å². The molecule has 2 aromatic heterocycles. The molecule has 4 fully saturated rings. The molecule has 12 rings (SSSR count). The summed E-state index contributed by atoms with van der Waals surface area (Å²) in [5.41, 5.74) is 17.7. The number of anilines is 3. The molecule has 374 valence electrons. The van der Waals surface area contributed by atoms with Gasteiger partial charge in [0.05, 0.1) is 11.6 Å². The van der Waals surface area contributed by atoms with Gasteiger partial charge in [0, 0.05) is 41.8 Å². The summed E-state index contributed by atoms with van der Waals surface area (Å²) >= 11 is 0. The molecule has 0 spiro atoms. The number of para-hydroxylation sites is 1. The van der Waals surface area contributed by atoms with Gasteiger partial charge in [0.2, 0.25) is 0 Å². The zero-order valence-electron chi connectivity index (χ0n) is 42.9. The van der Waals surface area contributed by atoms with Gasteiger partial charge >= 0.3 is 21.1 Å². The van der Waals surface area contributed by atoms with Crippen molar-refractivity contribution in [3.05, 3.63) is 186 Å². The Hall–Kier alpha value is -5.77. The van der Waals surface area contributed by atoms with E-state index in [1.807, 2.05) is 12.4 Å². The summed E-state index contributed by atoms with van der Waals surface area (Å²) in [5.74, 6) is 4.05. The summed E-state index contributed by atoms with van der Waals surface area (Å²) in [7, 11) is 0. The van der Waals surface area contributed by atoms with Crippen molar-refractivity contribution in [3.8, 4) is 45.3 Å². The van der Waals surface area contributed by atoms with Gasteiger partial charge in [-0.15, -0.1) is 59.7 Å². The van der Waals surface area contributed by atoms with Crippen LogP contribution in [0.1, 0.15) is 180 Å². The third-order valence-corrected chi connectivity index (χ3v) is 17.1. The molecule has 4 saturated carbocycles. The summed E-state index contributed by atoms with van der Waals surface area (Å²) < 4.78 is 4.89. The van der Waals surface area contributed by atoms with E-state index in [4.69, 9.17) is 9.97 Å². The summed E-state index contributed by atoms with van der Waals surface area (Å²) in [5, 5.41) is 0. The van der Waals surface area contributed by atoms with E-state index in [0.717, 1.165) is 39.8 Å². The Labute approximate surface area is 449 Å². The minimum atomic E-state index is 0. The number of aromatic nitrogens is 4. The number of aryl methyl sites for hydroxylation is 1. The standard InChI is InChI=1S/C67H71N5.Pt/c1-48-42-60(50-24-10-3-11-25-50)64(61(43-48)51-26-12-4-13-27-51)70-40-38-68-66(70)54-32-20-36-58(44-54)72(57-34-18-7-19-35-57)59-37-21-33-55(45-59)67-69-39-41-71(67)65-62(52-28-14-5-15-29-52)46-56(49-22-8-2-9-23-49)47-63(65)53-30-16-6-17-31-53;/h2,7-9,18-23,32-43,46-47,50-53H,3-6,10-17,24-31H2,1H3;/q-2;+2. The molecular formula is C67H71N5Pt. The first kappa shape index (κ1) is 49.4. The maximum atomic E-state index is 5.23. The number of nitrogens with zero attached hydrogens (tertiary/aromatic N) is 5. The number of imidazole rings is 2. The predicted octanol–water partition coefficient (Wildman–Crippen LogP) is 18.6. The first-order valence-corrected chi connectivity index (χ1v) is 28.0. The van der Waals surface area contributed by atoms with Gasteiger partial charge in [-0.2, -0.15) is 0 Å². The third kappa shape index (κ3) is 10.4. The molecule has 0 aliphatic heterocycles. The number of rotatable bonds is 12. The molecule has 0 radical (unpaired) electrons.